The Bertz CT molecular complexity index is 716. The summed E-state index contributed by atoms with van der Waals surface area (Å²) in [6.07, 6.45) is 2.80. The van der Waals surface area contributed by atoms with Gasteiger partial charge in [-0.25, -0.2) is 0 Å². The Labute approximate surface area is 161 Å². The highest BCUT2D eigenvalue weighted by Crippen LogP contribution is 2.52. The zero-order chi connectivity index (χ0) is 19.1. The van der Waals surface area contributed by atoms with Gasteiger partial charge in [0.25, 0.3) is 0 Å². The Morgan fingerprint density at radius 1 is 1.11 bits per heavy atom. The minimum Gasteiger partial charge on any atom is -0.381 e. The molecule has 0 N–H and O–H groups in total. The van der Waals surface area contributed by atoms with Crippen molar-refractivity contribution in [1.29, 1.82) is 0 Å². The van der Waals surface area contributed by atoms with E-state index < -0.39 is 0 Å². The lowest BCUT2D eigenvalue weighted by Crippen LogP contribution is -2.50. The number of carbonyl (C=O) groups is 2. The highest BCUT2D eigenvalue weighted by Gasteiger charge is 2.58. The van der Waals surface area contributed by atoms with Gasteiger partial charge < -0.3 is 14.5 Å². The SMILES string of the molecule is CCOC[C@@]12CCN(C(C)=O)C[C@@H]1CN(C(=O)C1(c3ccccc3)CC1)C2. The number of carbonyl (C=O) groups excluding carboxylic acids is 2. The van der Waals surface area contributed by atoms with Crippen molar-refractivity contribution in [3.8, 4) is 0 Å². The molecule has 1 aliphatic carbocycles. The summed E-state index contributed by atoms with van der Waals surface area (Å²) in [5, 5.41) is 0. The number of nitrogens with zero attached hydrogens (tertiary/aromatic N) is 2. The van der Waals surface area contributed by atoms with Crippen molar-refractivity contribution in [2.75, 3.05) is 39.4 Å². The molecule has 1 saturated carbocycles. The molecule has 5 heteroatoms. The van der Waals surface area contributed by atoms with Gasteiger partial charge in [0.15, 0.2) is 0 Å². The van der Waals surface area contributed by atoms with E-state index in [2.05, 4.69) is 17.0 Å². The van der Waals surface area contributed by atoms with Crippen molar-refractivity contribution in [3.63, 3.8) is 0 Å². The molecule has 2 atom stereocenters. The van der Waals surface area contributed by atoms with E-state index in [-0.39, 0.29) is 22.6 Å². The van der Waals surface area contributed by atoms with Crippen molar-refractivity contribution >= 4 is 11.8 Å². The maximum atomic E-state index is 13.5. The summed E-state index contributed by atoms with van der Waals surface area (Å²) in [5.41, 5.74) is 0.820. The number of benzene rings is 1. The van der Waals surface area contributed by atoms with E-state index in [1.165, 1.54) is 0 Å². The van der Waals surface area contributed by atoms with Crippen LogP contribution in [0.5, 0.6) is 0 Å². The summed E-state index contributed by atoms with van der Waals surface area (Å²) in [5.74, 6) is 0.707. The number of rotatable bonds is 5. The first kappa shape index (κ1) is 18.5. The second kappa shape index (κ2) is 6.93. The zero-order valence-electron chi connectivity index (χ0n) is 16.4. The Hall–Kier alpha value is -1.88. The molecule has 0 spiro atoms. The molecule has 27 heavy (non-hydrogen) atoms. The number of likely N-dealkylation sites (tertiary alicyclic amines) is 2. The van der Waals surface area contributed by atoms with Crippen LogP contribution in [0, 0.1) is 11.3 Å². The standard InChI is InChI=1S/C22H30N2O3/c1-3-27-16-21-11-12-23(17(2)25)13-19(21)14-24(15-21)20(26)22(9-10-22)18-7-5-4-6-8-18/h4-8,19H,3,9-16H2,1-2H3/t19-,21+/m1/s1. The first-order valence-electron chi connectivity index (χ1n) is 10.2. The fourth-order valence-electron chi connectivity index (χ4n) is 5.08. The number of piperidine rings is 1. The normalized spacial score (nSPS) is 28.7. The summed E-state index contributed by atoms with van der Waals surface area (Å²) in [6.45, 7) is 8.04. The second-order valence-electron chi connectivity index (χ2n) is 8.55. The van der Waals surface area contributed by atoms with Crippen LogP contribution < -0.4 is 0 Å². The lowest BCUT2D eigenvalue weighted by atomic mass is 9.73. The number of hydrogen-bond acceptors (Lipinski definition) is 3. The first-order valence-corrected chi connectivity index (χ1v) is 10.2. The minimum atomic E-state index is -0.318. The lowest BCUT2D eigenvalue weighted by Gasteiger charge is -2.42. The maximum Gasteiger partial charge on any atom is 0.233 e. The van der Waals surface area contributed by atoms with Crippen LogP contribution >= 0.6 is 0 Å². The van der Waals surface area contributed by atoms with Gasteiger partial charge in [-0.2, -0.15) is 0 Å². The smallest absolute Gasteiger partial charge is 0.233 e. The van der Waals surface area contributed by atoms with E-state index in [0.29, 0.717) is 19.1 Å². The largest absolute Gasteiger partial charge is 0.381 e. The van der Waals surface area contributed by atoms with Crippen LogP contribution in [0.3, 0.4) is 0 Å². The third-order valence-corrected chi connectivity index (χ3v) is 6.94. The Morgan fingerprint density at radius 2 is 1.81 bits per heavy atom. The third-order valence-electron chi connectivity index (χ3n) is 6.94. The average Bonchev–Trinajstić information content (AvgIpc) is 3.41. The Morgan fingerprint density at radius 3 is 2.44 bits per heavy atom. The average molecular weight is 370 g/mol. The van der Waals surface area contributed by atoms with E-state index in [1.54, 1.807) is 6.92 Å². The molecule has 0 aromatic heterocycles. The van der Waals surface area contributed by atoms with E-state index in [9.17, 15) is 9.59 Å². The highest BCUT2D eigenvalue weighted by atomic mass is 16.5. The molecule has 2 saturated heterocycles. The zero-order valence-corrected chi connectivity index (χ0v) is 16.4. The van der Waals surface area contributed by atoms with Crippen molar-refractivity contribution in [3.05, 3.63) is 35.9 Å². The molecule has 0 bridgehead atoms. The Kier molecular flexibility index (Phi) is 4.75. The number of amides is 2. The van der Waals surface area contributed by atoms with E-state index in [0.717, 1.165) is 51.0 Å². The van der Waals surface area contributed by atoms with Crippen LogP contribution in [0.1, 0.15) is 38.7 Å². The molecular weight excluding hydrogens is 340 g/mol. The molecule has 3 aliphatic rings. The predicted molar refractivity (Wildman–Crippen MR) is 103 cm³/mol. The van der Waals surface area contributed by atoms with Gasteiger partial charge in [0.2, 0.25) is 11.8 Å². The molecule has 2 aliphatic heterocycles. The highest BCUT2D eigenvalue weighted by molar-refractivity contribution is 5.91. The van der Waals surface area contributed by atoms with Crippen LogP contribution in [-0.4, -0.2) is 61.0 Å². The summed E-state index contributed by atoms with van der Waals surface area (Å²) < 4.78 is 5.85. The van der Waals surface area contributed by atoms with E-state index in [4.69, 9.17) is 4.74 Å². The molecule has 5 nitrogen and oxygen atoms in total. The molecule has 0 unspecified atom stereocenters. The molecule has 4 rings (SSSR count). The van der Waals surface area contributed by atoms with Crippen molar-refractivity contribution in [2.45, 2.75) is 38.5 Å². The van der Waals surface area contributed by atoms with Crippen LogP contribution in [0.15, 0.2) is 30.3 Å². The Balaban J connectivity index is 1.55. The lowest BCUT2D eigenvalue weighted by molar-refractivity contribution is -0.134. The summed E-state index contributed by atoms with van der Waals surface area (Å²) in [4.78, 5) is 29.4. The monoisotopic (exact) mass is 370 g/mol. The van der Waals surface area contributed by atoms with Gasteiger partial charge in [-0.15, -0.1) is 0 Å². The topological polar surface area (TPSA) is 49.9 Å². The molecule has 1 aromatic carbocycles. The minimum absolute atomic E-state index is 0.00954. The molecule has 146 valence electrons. The van der Waals surface area contributed by atoms with Gasteiger partial charge in [-0.1, -0.05) is 30.3 Å². The van der Waals surface area contributed by atoms with Gasteiger partial charge in [0.05, 0.1) is 12.0 Å². The molecule has 0 radical (unpaired) electrons. The predicted octanol–water partition coefficient (Wildman–Crippen LogP) is 2.45. The van der Waals surface area contributed by atoms with Crippen LogP contribution in [0.4, 0.5) is 0 Å². The van der Waals surface area contributed by atoms with E-state index >= 15 is 0 Å². The summed E-state index contributed by atoms with van der Waals surface area (Å²) in [7, 11) is 0. The second-order valence-corrected chi connectivity index (χ2v) is 8.55. The van der Waals surface area contributed by atoms with Crippen LogP contribution in [-0.2, 0) is 19.7 Å². The third kappa shape index (κ3) is 3.16. The fraction of sp³-hybridized carbons (Fsp3) is 0.636. The number of ether oxygens (including phenoxy) is 1. The van der Waals surface area contributed by atoms with Crippen LogP contribution in [0.25, 0.3) is 0 Å². The first-order chi connectivity index (χ1) is 13.0. The van der Waals surface area contributed by atoms with Gasteiger partial charge in [0, 0.05) is 51.0 Å². The van der Waals surface area contributed by atoms with Crippen molar-refractivity contribution < 1.29 is 14.3 Å². The number of fused-ring (bicyclic) bond motifs is 1. The van der Waals surface area contributed by atoms with Crippen molar-refractivity contribution in [1.82, 2.24) is 9.80 Å². The van der Waals surface area contributed by atoms with Gasteiger partial charge in [-0.3, -0.25) is 9.59 Å². The molecule has 1 aromatic rings. The summed E-state index contributed by atoms with van der Waals surface area (Å²) in [6, 6.07) is 10.2. The van der Waals surface area contributed by atoms with Gasteiger partial charge in [-0.05, 0) is 31.7 Å². The van der Waals surface area contributed by atoms with E-state index in [1.807, 2.05) is 30.0 Å². The quantitative estimate of drug-likeness (QED) is 0.800. The number of hydrogen-bond donors (Lipinski definition) is 0. The van der Waals surface area contributed by atoms with Gasteiger partial charge >= 0.3 is 0 Å². The summed E-state index contributed by atoms with van der Waals surface area (Å²) >= 11 is 0. The van der Waals surface area contributed by atoms with Crippen molar-refractivity contribution in [2.24, 2.45) is 11.3 Å². The fourth-order valence-corrected chi connectivity index (χ4v) is 5.08. The molecular formula is C22H30N2O3. The molecule has 3 fully saturated rings. The van der Waals surface area contributed by atoms with Crippen LogP contribution in [0.2, 0.25) is 0 Å². The molecule has 2 heterocycles. The maximum absolute atomic E-state index is 13.5. The molecule has 2 amide bonds. The van der Waals surface area contributed by atoms with Gasteiger partial charge in [0.1, 0.15) is 0 Å².